The second-order valence-electron chi connectivity index (χ2n) is 0.513. The third kappa shape index (κ3) is 74.1. The van der Waals surface area contributed by atoms with Gasteiger partial charge in [0, 0.05) is 76.9 Å². The zero-order chi connectivity index (χ0) is 4.50. The summed E-state index contributed by atoms with van der Waals surface area (Å²) >= 11 is 0. The minimum Gasteiger partial charge on any atom is -0.303 e. The maximum absolute atomic E-state index is 8.88. The van der Waals surface area contributed by atoms with E-state index in [1.807, 2.05) is 0 Å². The van der Waals surface area contributed by atoms with Gasteiger partial charge in [0.1, 0.15) is 0 Å². The van der Waals surface area contributed by atoms with Crippen molar-refractivity contribution in [3.8, 4) is 0 Å². The van der Waals surface area contributed by atoms with E-state index in [1.165, 1.54) is 0 Å². The quantitative estimate of drug-likeness (QED) is 0.391. The Morgan fingerprint density at radius 1 is 1.12 bits per heavy atom. The molecule has 0 aliphatic heterocycles. The van der Waals surface area contributed by atoms with Gasteiger partial charge in [0.2, 0.25) is 0 Å². The van der Waals surface area contributed by atoms with Crippen molar-refractivity contribution in [2.75, 3.05) is 0 Å². The Morgan fingerprint density at radius 3 is 1.12 bits per heavy atom. The van der Waals surface area contributed by atoms with Crippen LogP contribution in [-0.2, 0) is 40.2 Å². The van der Waals surface area contributed by atoms with Gasteiger partial charge in [0.25, 0.3) is 0 Å². The van der Waals surface area contributed by atoms with Crippen LogP contribution in [0.15, 0.2) is 0 Å². The Kier molecular flexibility index (Phi) is 26.8. The van der Waals surface area contributed by atoms with Crippen LogP contribution in [0, 0.1) is 41.3 Å². The Balaban J connectivity index is -0.0000000267. The molecule has 0 heterocycles. The summed E-state index contributed by atoms with van der Waals surface area (Å²) in [4.78, 5) is 21.6. The van der Waals surface area contributed by atoms with Gasteiger partial charge >= 0.3 is 7.82 Å². The van der Waals surface area contributed by atoms with Crippen LogP contribution in [0.1, 0.15) is 0 Å². The van der Waals surface area contributed by atoms with Gasteiger partial charge < -0.3 is 14.7 Å². The number of hydrogen-bond donors (Lipinski definition) is 3. The fraction of sp³-hybridized carbons (Fsp3) is 0. The van der Waals surface area contributed by atoms with Crippen LogP contribution in [0.25, 0.3) is 0 Å². The molecule has 2 radical (unpaired) electrons. The summed E-state index contributed by atoms with van der Waals surface area (Å²) in [5.41, 5.74) is 0. The minimum absolute atomic E-state index is 0. The van der Waals surface area contributed by atoms with Gasteiger partial charge in [-0.05, 0) is 0 Å². The monoisotopic (exact) mass is 346 g/mol. The maximum Gasteiger partial charge on any atom is 0.466 e. The Bertz CT molecular complexity index is 62.2. The fourth-order valence-corrected chi connectivity index (χ4v) is 0. The molecule has 0 rings (SSSR count). The SMILES string of the molecule is O=P(O)(O)O.[Fe].[Pr].[V]. The van der Waals surface area contributed by atoms with Crippen molar-refractivity contribution in [1.29, 1.82) is 0 Å². The largest absolute Gasteiger partial charge is 0.466 e. The van der Waals surface area contributed by atoms with Crippen LogP contribution in [0.4, 0.5) is 0 Å². The van der Waals surface area contributed by atoms with Gasteiger partial charge in [-0.25, -0.2) is 4.57 Å². The van der Waals surface area contributed by atoms with Gasteiger partial charge in [-0.2, -0.15) is 0 Å². The number of hydrogen-bond acceptors (Lipinski definition) is 1. The molecular formula is H3FeO4PPrV. The van der Waals surface area contributed by atoms with E-state index < -0.39 is 7.82 Å². The Labute approximate surface area is 102 Å². The number of phosphoric acid groups is 1. The molecule has 0 aromatic rings. The topological polar surface area (TPSA) is 77.8 Å². The van der Waals surface area contributed by atoms with Gasteiger partial charge in [-0.3, -0.25) is 0 Å². The number of rotatable bonds is 0. The van der Waals surface area contributed by atoms with E-state index in [4.69, 9.17) is 19.2 Å². The molecule has 8 heteroatoms. The molecule has 0 saturated heterocycles. The molecule has 0 aromatic carbocycles. The van der Waals surface area contributed by atoms with E-state index in [0.717, 1.165) is 0 Å². The predicted molar refractivity (Wildman–Crippen MR) is 14.3 cm³/mol. The molecule has 0 aromatic heterocycles. The van der Waals surface area contributed by atoms with Crippen LogP contribution >= 0.6 is 7.82 Å². The molecule has 0 aliphatic rings. The normalized spacial score (nSPS) is 7.38. The zero-order valence-electron chi connectivity index (χ0n) is 3.58. The maximum atomic E-state index is 8.88. The first-order chi connectivity index (χ1) is 2.00. The smallest absolute Gasteiger partial charge is 0.303 e. The fourth-order valence-electron chi connectivity index (χ4n) is 0. The van der Waals surface area contributed by atoms with E-state index in [-0.39, 0.29) is 76.9 Å². The molecule has 4 nitrogen and oxygen atoms in total. The first-order valence-corrected chi connectivity index (χ1v) is 2.35. The average Bonchev–Trinajstić information content (AvgIpc) is 0.722. The summed E-state index contributed by atoms with van der Waals surface area (Å²) in [6.07, 6.45) is 0. The van der Waals surface area contributed by atoms with E-state index in [0.29, 0.717) is 0 Å². The first-order valence-electron chi connectivity index (χ1n) is 0.783. The Hall–Kier alpha value is 2.58. The van der Waals surface area contributed by atoms with Crippen LogP contribution in [0.3, 0.4) is 0 Å². The van der Waals surface area contributed by atoms with Crippen molar-refractivity contribution >= 4 is 7.82 Å². The summed E-state index contributed by atoms with van der Waals surface area (Å²) in [5.74, 6) is 0. The Morgan fingerprint density at radius 2 is 1.12 bits per heavy atom. The van der Waals surface area contributed by atoms with Crippen molar-refractivity contribution in [3.05, 3.63) is 0 Å². The molecule has 3 N–H and O–H groups in total. The summed E-state index contributed by atoms with van der Waals surface area (Å²) in [7, 11) is -4.64. The van der Waals surface area contributed by atoms with E-state index in [1.54, 1.807) is 0 Å². The van der Waals surface area contributed by atoms with Crippen LogP contribution < -0.4 is 0 Å². The van der Waals surface area contributed by atoms with Crippen molar-refractivity contribution in [2.24, 2.45) is 0 Å². The molecule has 48 valence electrons. The molecule has 0 aliphatic carbocycles. The second kappa shape index (κ2) is 9.58. The van der Waals surface area contributed by atoms with Gasteiger partial charge in [-0.1, -0.05) is 0 Å². The molecular weight excluding hydrogens is 343 g/mol. The van der Waals surface area contributed by atoms with Gasteiger partial charge in [-0.15, -0.1) is 0 Å². The van der Waals surface area contributed by atoms with Crippen LogP contribution in [0.2, 0.25) is 0 Å². The molecule has 0 saturated carbocycles. The van der Waals surface area contributed by atoms with Gasteiger partial charge in [0.15, 0.2) is 0 Å². The third-order valence-corrected chi connectivity index (χ3v) is 0. The summed E-state index contributed by atoms with van der Waals surface area (Å²) in [5, 5.41) is 0. The molecule has 0 spiro atoms. The van der Waals surface area contributed by atoms with Crippen LogP contribution in [-0.4, -0.2) is 14.7 Å². The second-order valence-corrected chi connectivity index (χ2v) is 1.54. The first kappa shape index (κ1) is 22.4. The molecule has 8 heavy (non-hydrogen) atoms. The van der Waals surface area contributed by atoms with Crippen molar-refractivity contribution in [1.82, 2.24) is 0 Å². The summed E-state index contributed by atoms with van der Waals surface area (Å²) < 4.78 is 8.88. The summed E-state index contributed by atoms with van der Waals surface area (Å²) in [6, 6.07) is 0. The van der Waals surface area contributed by atoms with Crippen LogP contribution in [0.5, 0.6) is 0 Å². The molecule has 0 atom stereocenters. The zero-order valence-corrected chi connectivity index (χ0v) is 10.7. The summed E-state index contributed by atoms with van der Waals surface area (Å²) in [6.45, 7) is 0. The predicted octanol–water partition coefficient (Wildman–Crippen LogP) is -0.934. The van der Waals surface area contributed by atoms with E-state index in [2.05, 4.69) is 0 Å². The van der Waals surface area contributed by atoms with E-state index >= 15 is 0 Å². The van der Waals surface area contributed by atoms with Crippen molar-refractivity contribution in [2.45, 2.75) is 0 Å². The van der Waals surface area contributed by atoms with Gasteiger partial charge in [0.05, 0.1) is 0 Å². The standard InChI is InChI=1S/Fe.H3O4P.Pr.V/c;1-5(2,3)4;;/h;(H3,1,2,3,4);;. The molecule has 0 unspecified atom stereocenters. The van der Waals surface area contributed by atoms with Crippen molar-refractivity contribution < 1.29 is 96.2 Å². The molecule has 0 bridgehead atoms. The minimum atomic E-state index is -4.64. The molecule has 0 amide bonds. The molecule has 0 fully saturated rings. The van der Waals surface area contributed by atoms with E-state index in [9.17, 15) is 0 Å². The third-order valence-electron chi connectivity index (χ3n) is 0. The average molecular weight is 346 g/mol. The van der Waals surface area contributed by atoms with Crippen molar-refractivity contribution in [3.63, 3.8) is 0 Å².